The van der Waals surface area contributed by atoms with Gasteiger partial charge in [0.1, 0.15) is 5.82 Å². The van der Waals surface area contributed by atoms with E-state index in [4.69, 9.17) is 16.6 Å². The van der Waals surface area contributed by atoms with Gasteiger partial charge in [-0.3, -0.25) is 9.69 Å². The van der Waals surface area contributed by atoms with Gasteiger partial charge in [0.15, 0.2) is 0 Å². The molecule has 27 heavy (non-hydrogen) atoms. The van der Waals surface area contributed by atoms with E-state index in [2.05, 4.69) is 21.3 Å². The number of nitrogens with zero attached hydrogens (tertiary/aromatic N) is 2. The van der Waals surface area contributed by atoms with Gasteiger partial charge in [0, 0.05) is 16.6 Å². The molecule has 0 spiro atoms. The molecule has 3 aromatic rings. The van der Waals surface area contributed by atoms with Crippen LogP contribution in [0.15, 0.2) is 42.5 Å². The summed E-state index contributed by atoms with van der Waals surface area (Å²) in [4.78, 5) is 22.8. The molecule has 0 unspecified atom stereocenters. The van der Waals surface area contributed by atoms with Crippen molar-refractivity contribution in [2.45, 2.75) is 25.7 Å². The molecule has 0 aliphatic carbocycles. The molecule has 1 aliphatic heterocycles. The number of hydrogen-bond acceptors (Lipinski definition) is 3. The van der Waals surface area contributed by atoms with Gasteiger partial charge in [-0.1, -0.05) is 29.8 Å². The second-order valence-corrected chi connectivity index (χ2v) is 7.56. The lowest BCUT2D eigenvalue weighted by atomic mass is 9.96. The Balaban J connectivity index is 1.32. The number of fused-ring (bicyclic) bond motifs is 1. The van der Waals surface area contributed by atoms with Gasteiger partial charge < -0.3 is 10.3 Å². The molecule has 1 saturated heterocycles. The number of para-hydroxylation sites is 2. The van der Waals surface area contributed by atoms with E-state index in [1.54, 1.807) is 0 Å². The van der Waals surface area contributed by atoms with Crippen molar-refractivity contribution >= 4 is 34.2 Å². The Morgan fingerprint density at radius 1 is 1.22 bits per heavy atom. The summed E-state index contributed by atoms with van der Waals surface area (Å²) in [5, 5.41) is 3.64. The standard InChI is InChI=1S/C21H23ClN4O/c1-14-16(22)5-4-8-17(14)23-20(27)13-26-11-9-15(10-12-26)21-24-18-6-2-3-7-19(18)25-21/h2-8,15H,9-13H2,1H3,(H,23,27)(H,24,25). The highest BCUT2D eigenvalue weighted by molar-refractivity contribution is 6.31. The lowest BCUT2D eigenvalue weighted by Gasteiger charge is -2.30. The summed E-state index contributed by atoms with van der Waals surface area (Å²) in [6, 6.07) is 13.7. The van der Waals surface area contributed by atoms with E-state index in [9.17, 15) is 4.79 Å². The van der Waals surface area contributed by atoms with Crippen molar-refractivity contribution in [1.82, 2.24) is 14.9 Å². The van der Waals surface area contributed by atoms with Gasteiger partial charge >= 0.3 is 0 Å². The number of piperidine rings is 1. The second kappa shape index (κ2) is 7.71. The first-order valence-electron chi connectivity index (χ1n) is 9.32. The number of benzene rings is 2. The molecule has 0 atom stereocenters. The fourth-order valence-corrected chi connectivity index (χ4v) is 3.84. The Morgan fingerprint density at radius 3 is 2.78 bits per heavy atom. The first-order valence-corrected chi connectivity index (χ1v) is 9.70. The summed E-state index contributed by atoms with van der Waals surface area (Å²) in [5.74, 6) is 1.49. The quantitative estimate of drug-likeness (QED) is 0.705. The molecule has 0 bridgehead atoms. The number of rotatable bonds is 4. The molecule has 2 aromatic carbocycles. The zero-order chi connectivity index (χ0) is 18.8. The topological polar surface area (TPSA) is 61.0 Å². The van der Waals surface area contributed by atoms with Gasteiger partial charge in [-0.15, -0.1) is 0 Å². The van der Waals surface area contributed by atoms with E-state index >= 15 is 0 Å². The van der Waals surface area contributed by atoms with E-state index in [0.29, 0.717) is 17.5 Å². The van der Waals surface area contributed by atoms with E-state index in [0.717, 1.165) is 54.0 Å². The van der Waals surface area contributed by atoms with Crippen LogP contribution in [0.3, 0.4) is 0 Å². The number of hydrogen-bond donors (Lipinski definition) is 2. The van der Waals surface area contributed by atoms with Crippen molar-refractivity contribution in [3.8, 4) is 0 Å². The predicted octanol–water partition coefficient (Wildman–Crippen LogP) is 4.34. The summed E-state index contributed by atoms with van der Waals surface area (Å²) in [7, 11) is 0. The Kier molecular flexibility index (Phi) is 5.14. The molecule has 2 N–H and O–H groups in total. The van der Waals surface area contributed by atoms with Gasteiger partial charge in [0.2, 0.25) is 5.91 Å². The molecule has 4 rings (SSSR count). The molecule has 1 fully saturated rings. The van der Waals surface area contributed by atoms with Crippen molar-refractivity contribution < 1.29 is 4.79 Å². The van der Waals surface area contributed by atoms with Crippen molar-refractivity contribution in [2.75, 3.05) is 25.0 Å². The summed E-state index contributed by atoms with van der Waals surface area (Å²) < 4.78 is 0. The highest BCUT2D eigenvalue weighted by Gasteiger charge is 2.24. The number of amides is 1. The molecule has 1 aliphatic rings. The third kappa shape index (κ3) is 3.99. The van der Waals surface area contributed by atoms with Crippen LogP contribution in [0.2, 0.25) is 5.02 Å². The Bertz CT molecular complexity index is 927. The minimum atomic E-state index is 0.00236. The monoisotopic (exact) mass is 382 g/mol. The lowest BCUT2D eigenvalue weighted by molar-refractivity contribution is -0.117. The van der Waals surface area contributed by atoms with Gasteiger partial charge in [0.25, 0.3) is 0 Å². The number of H-pyrrole nitrogens is 1. The molecule has 5 nitrogen and oxygen atoms in total. The van der Waals surface area contributed by atoms with Crippen LogP contribution in [0.5, 0.6) is 0 Å². The maximum absolute atomic E-state index is 12.4. The summed E-state index contributed by atoms with van der Waals surface area (Å²) in [6.07, 6.45) is 2.01. The number of anilines is 1. The smallest absolute Gasteiger partial charge is 0.238 e. The van der Waals surface area contributed by atoms with Crippen LogP contribution in [0.4, 0.5) is 5.69 Å². The minimum absolute atomic E-state index is 0.00236. The highest BCUT2D eigenvalue weighted by atomic mass is 35.5. The van der Waals surface area contributed by atoms with Crippen LogP contribution in [0, 0.1) is 6.92 Å². The fourth-order valence-electron chi connectivity index (χ4n) is 3.67. The average molecular weight is 383 g/mol. The third-order valence-corrected chi connectivity index (χ3v) is 5.70. The number of halogens is 1. The van der Waals surface area contributed by atoms with Gasteiger partial charge in [-0.2, -0.15) is 0 Å². The third-order valence-electron chi connectivity index (χ3n) is 5.29. The molecule has 0 radical (unpaired) electrons. The van der Waals surface area contributed by atoms with Crippen molar-refractivity contribution in [2.24, 2.45) is 0 Å². The van der Waals surface area contributed by atoms with Gasteiger partial charge in [-0.05, 0) is 62.7 Å². The zero-order valence-electron chi connectivity index (χ0n) is 15.3. The maximum Gasteiger partial charge on any atom is 0.238 e. The number of aromatic amines is 1. The van der Waals surface area contributed by atoms with Crippen molar-refractivity contribution in [3.63, 3.8) is 0 Å². The van der Waals surface area contributed by atoms with E-state index in [1.165, 1.54) is 0 Å². The molecular formula is C21H23ClN4O. The van der Waals surface area contributed by atoms with E-state index in [1.807, 2.05) is 43.3 Å². The molecule has 6 heteroatoms. The summed E-state index contributed by atoms with van der Waals surface area (Å²) in [6.45, 7) is 4.10. The van der Waals surface area contributed by atoms with E-state index in [-0.39, 0.29) is 5.91 Å². The average Bonchev–Trinajstić information content (AvgIpc) is 3.10. The Hall–Kier alpha value is -2.37. The molecule has 0 saturated carbocycles. The van der Waals surface area contributed by atoms with Crippen LogP contribution in [0.25, 0.3) is 11.0 Å². The van der Waals surface area contributed by atoms with Gasteiger partial charge in [-0.25, -0.2) is 4.98 Å². The van der Waals surface area contributed by atoms with Crippen LogP contribution in [-0.4, -0.2) is 40.4 Å². The lowest BCUT2D eigenvalue weighted by Crippen LogP contribution is -2.39. The Morgan fingerprint density at radius 2 is 2.00 bits per heavy atom. The summed E-state index contributed by atoms with van der Waals surface area (Å²) >= 11 is 6.12. The maximum atomic E-state index is 12.4. The normalized spacial score (nSPS) is 15.9. The van der Waals surface area contributed by atoms with Crippen molar-refractivity contribution in [3.05, 3.63) is 58.9 Å². The molecule has 140 valence electrons. The second-order valence-electron chi connectivity index (χ2n) is 7.15. The van der Waals surface area contributed by atoms with Crippen LogP contribution >= 0.6 is 11.6 Å². The number of likely N-dealkylation sites (tertiary alicyclic amines) is 1. The number of imidazole rings is 1. The minimum Gasteiger partial charge on any atom is -0.342 e. The van der Waals surface area contributed by atoms with Crippen molar-refractivity contribution in [1.29, 1.82) is 0 Å². The molecule has 2 heterocycles. The highest BCUT2D eigenvalue weighted by Crippen LogP contribution is 2.28. The zero-order valence-corrected chi connectivity index (χ0v) is 16.1. The van der Waals surface area contributed by atoms with Crippen LogP contribution in [0.1, 0.15) is 30.1 Å². The predicted molar refractivity (Wildman–Crippen MR) is 109 cm³/mol. The largest absolute Gasteiger partial charge is 0.342 e. The first-order chi connectivity index (χ1) is 13.1. The van der Waals surface area contributed by atoms with Crippen LogP contribution < -0.4 is 5.32 Å². The van der Waals surface area contributed by atoms with Gasteiger partial charge in [0.05, 0.1) is 17.6 Å². The number of aromatic nitrogens is 2. The Labute approximate surface area is 163 Å². The van der Waals surface area contributed by atoms with E-state index < -0.39 is 0 Å². The number of nitrogens with one attached hydrogen (secondary N) is 2. The number of carbonyl (C=O) groups is 1. The SMILES string of the molecule is Cc1c(Cl)cccc1NC(=O)CN1CCC(c2nc3ccccc3[nH]2)CC1. The first kappa shape index (κ1) is 18.0. The fraction of sp³-hybridized carbons (Fsp3) is 0.333. The molecule has 1 aromatic heterocycles. The van der Waals surface area contributed by atoms with Crippen LogP contribution in [-0.2, 0) is 4.79 Å². The molecular weight excluding hydrogens is 360 g/mol. The summed E-state index contributed by atoms with van der Waals surface area (Å²) in [5.41, 5.74) is 3.79. The molecule has 1 amide bonds. The number of carbonyl (C=O) groups excluding carboxylic acids is 1.